The summed E-state index contributed by atoms with van der Waals surface area (Å²) in [6.07, 6.45) is 7.59. The lowest BCUT2D eigenvalue weighted by Gasteiger charge is -2.23. The van der Waals surface area contributed by atoms with E-state index < -0.39 is 0 Å². The van der Waals surface area contributed by atoms with Crippen LogP contribution in [0.3, 0.4) is 0 Å². The van der Waals surface area contributed by atoms with Crippen LogP contribution >= 0.6 is 15.9 Å². The van der Waals surface area contributed by atoms with Gasteiger partial charge in [-0.1, -0.05) is 34.1 Å². The van der Waals surface area contributed by atoms with Gasteiger partial charge in [-0.25, -0.2) is 0 Å². The maximum atomic E-state index is 5.78. The molecule has 2 atom stereocenters. The fourth-order valence-corrected chi connectivity index (χ4v) is 3.23. The third-order valence-electron chi connectivity index (χ3n) is 3.71. The van der Waals surface area contributed by atoms with Gasteiger partial charge in [-0.05, 0) is 50.2 Å². The third-order valence-corrected chi connectivity index (χ3v) is 4.49. The van der Waals surface area contributed by atoms with Gasteiger partial charge in [0.25, 0.3) is 0 Å². The molecule has 19 heavy (non-hydrogen) atoms. The van der Waals surface area contributed by atoms with Crippen LogP contribution < -0.4 is 4.74 Å². The number of alkyl halides is 1. The van der Waals surface area contributed by atoms with Crippen molar-refractivity contribution in [1.82, 2.24) is 0 Å². The average molecular weight is 327 g/mol. The van der Waals surface area contributed by atoms with E-state index in [1.165, 1.54) is 24.8 Å². The molecule has 0 radical (unpaired) electrons. The molecule has 0 bridgehead atoms. The summed E-state index contributed by atoms with van der Waals surface area (Å²) in [5.74, 6) is 0.987. The second-order valence-corrected chi connectivity index (χ2v) is 6.47. The van der Waals surface area contributed by atoms with Crippen LogP contribution in [0.15, 0.2) is 24.3 Å². The van der Waals surface area contributed by atoms with Crippen molar-refractivity contribution in [1.29, 1.82) is 0 Å². The molecule has 1 aliphatic rings. The highest BCUT2D eigenvalue weighted by molar-refractivity contribution is 9.09. The number of ether oxygens (including phenoxy) is 2. The molecule has 1 fully saturated rings. The van der Waals surface area contributed by atoms with Crippen molar-refractivity contribution in [3.63, 3.8) is 0 Å². The van der Waals surface area contributed by atoms with E-state index in [9.17, 15) is 0 Å². The minimum absolute atomic E-state index is 0.478. The fraction of sp³-hybridized carbons (Fsp3) is 0.625. The van der Waals surface area contributed by atoms with Crippen molar-refractivity contribution in [2.75, 3.05) is 13.7 Å². The van der Waals surface area contributed by atoms with E-state index in [-0.39, 0.29) is 0 Å². The zero-order valence-corrected chi connectivity index (χ0v) is 13.2. The van der Waals surface area contributed by atoms with Crippen molar-refractivity contribution in [2.45, 2.75) is 49.5 Å². The molecule has 1 aromatic carbocycles. The van der Waals surface area contributed by atoms with Gasteiger partial charge in [0.05, 0.1) is 13.2 Å². The number of hydrogen-bond acceptors (Lipinski definition) is 2. The topological polar surface area (TPSA) is 18.5 Å². The minimum atomic E-state index is 0.478. The Hall–Kier alpha value is -0.540. The largest absolute Gasteiger partial charge is 0.496 e. The fourth-order valence-electron chi connectivity index (χ4n) is 2.61. The molecule has 2 rings (SSSR count). The lowest BCUT2D eigenvalue weighted by molar-refractivity contribution is 0.0102. The molecule has 2 nitrogen and oxygen atoms in total. The van der Waals surface area contributed by atoms with Crippen LogP contribution in [-0.2, 0) is 11.2 Å². The van der Waals surface area contributed by atoms with Crippen LogP contribution in [-0.4, -0.2) is 24.6 Å². The predicted octanol–water partition coefficient (Wildman–Crippen LogP) is 4.35. The Morgan fingerprint density at radius 3 is 2.95 bits per heavy atom. The molecule has 1 aromatic rings. The Morgan fingerprint density at radius 2 is 2.21 bits per heavy atom. The molecule has 106 valence electrons. The zero-order valence-electron chi connectivity index (χ0n) is 11.6. The van der Waals surface area contributed by atoms with Crippen LogP contribution in [0.5, 0.6) is 5.75 Å². The third kappa shape index (κ3) is 4.81. The zero-order chi connectivity index (χ0) is 13.5. The molecular weight excluding hydrogens is 304 g/mol. The van der Waals surface area contributed by atoms with E-state index in [0.29, 0.717) is 10.9 Å². The van der Waals surface area contributed by atoms with E-state index >= 15 is 0 Å². The van der Waals surface area contributed by atoms with Gasteiger partial charge in [-0.2, -0.15) is 0 Å². The molecule has 0 saturated carbocycles. The lowest BCUT2D eigenvalue weighted by Crippen LogP contribution is -2.20. The summed E-state index contributed by atoms with van der Waals surface area (Å²) in [6.45, 7) is 0.949. The van der Waals surface area contributed by atoms with Crippen LogP contribution in [0.1, 0.15) is 37.7 Å². The number of halogens is 1. The Morgan fingerprint density at radius 1 is 1.37 bits per heavy atom. The quantitative estimate of drug-likeness (QED) is 0.723. The van der Waals surface area contributed by atoms with E-state index in [1.807, 2.05) is 12.1 Å². The van der Waals surface area contributed by atoms with Gasteiger partial charge < -0.3 is 9.47 Å². The molecular formula is C16H23BrO2. The number of benzene rings is 1. The van der Waals surface area contributed by atoms with Gasteiger partial charge >= 0.3 is 0 Å². The highest BCUT2D eigenvalue weighted by Gasteiger charge is 2.16. The first-order valence-electron chi connectivity index (χ1n) is 7.17. The van der Waals surface area contributed by atoms with Crippen LogP contribution in [0.25, 0.3) is 0 Å². The highest BCUT2D eigenvalue weighted by Crippen LogP contribution is 2.25. The lowest BCUT2D eigenvalue weighted by atomic mass is 10.0. The van der Waals surface area contributed by atoms with Crippen molar-refractivity contribution in [3.05, 3.63) is 29.8 Å². The maximum absolute atomic E-state index is 5.78. The number of methoxy groups -OCH3 is 1. The van der Waals surface area contributed by atoms with Crippen LogP contribution in [0, 0.1) is 0 Å². The standard InChI is InChI=1S/C16H23BrO2/c1-18-16-8-3-2-6-13(16)12-14(17)9-10-15-7-4-5-11-19-15/h2-3,6,8,14-15H,4-5,7,9-12H2,1H3. The second-order valence-electron chi connectivity index (χ2n) is 5.18. The monoisotopic (exact) mass is 326 g/mol. The summed E-state index contributed by atoms with van der Waals surface area (Å²) in [4.78, 5) is 0.495. The molecule has 1 saturated heterocycles. The first kappa shape index (κ1) is 14.9. The first-order valence-corrected chi connectivity index (χ1v) is 8.08. The number of para-hydroxylation sites is 1. The molecule has 0 aliphatic carbocycles. The van der Waals surface area contributed by atoms with Gasteiger partial charge in [0.2, 0.25) is 0 Å². The summed E-state index contributed by atoms with van der Waals surface area (Å²) in [6, 6.07) is 8.26. The number of hydrogen-bond donors (Lipinski definition) is 0. The Labute approximate surface area is 124 Å². The van der Waals surface area contributed by atoms with Gasteiger partial charge in [0.15, 0.2) is 0 Å². The Kier molecular flexibility index (Phi) is 6.18. The Balaban J connectivity index is 1.78. The van der Waals surface area contributed by atoms with E-state index in [2.05, 4.69) is 28.1 Å². The van der Waals surface area contributed by atoms with Crippen molar-refractivity contribution >= 4 is 15.9 Å². The van der Waals surface area contributed by atoms with E-state index in [0.717, 1.165) is 31.6 Å². The normalized spacial score (nSPS) is 21.1. The average Bonchev–Trinajstić information content (AvgIpc) is 2.47. The second kappa shape index (κ2) is 7.91. The molecule has 0 amide bonds. The van der Waals surface area contributed by atoms with Crippen LogP contribution in [0.2, 0.25) is 0 Å². The summed E-state index contributed by atoms with van der Waals surface area (Å²) in [7, 11) is 1.73. The molecule has 2 unspecified atom stereocenters. The molecule has 1 aliphatic heterocycles. The molecule has 1 heterocycles. The molecule has 0 N–H and O–H groups in total. The number of rotatable bonds is 6. The molecule has 3 heteroatoms. The molecule has 0 aromatic heterocycles. The predicted molar refractivity (Wildman–Crippen MR) is 82.2 cm³/mol. The first-order chi connectivity index (χ1) is 9.29. The van der Waals surface area contributed by atoms with Crippen molar-refractivity contribution in [2.24, 2.45) is 0 Å². The van der Waals surface area contributed by atoms with E-state index in [1.54, 1.807) is 7.11 Å². The maximum Gasteiger partial charge on any atom is 0.122 e. The smallest absolute Gasteiger partial charge is 0.122 e. The summed E-state index contributed by atoms with van der Waals surface area (Å²) < 4.78 is 11.2. The van der Waals surface area contributed by atoms with Gasteiger partial charge in [-0.3, -0.25) is 0 Å². The Bertz CT molecular complexity index is 375. The minimum Gasteiger partial charge on any atom is -0.496 e. The van der Waals surface area contributed by atoms with Gasteiger partial charge in [0.1, 0.15) is 5.75 Å². The highest BCUT2D eigenvalue weighted by atomic mass is 79.9. The summed E-state index contributed by atoms with van der Waals surface area (Å²) >= 11 is 3.79. The van der Waals surface area contributed by atoms with E-state index in [4.69, 9.17) is 9.47 Å². The van der Waals surface area contributed by atoms with Gasteiger partial charge in [-0.15, -0.1) is 0 Å². The molecule has 0 spiro atoms. The SMILES string of the molecule is COc1ccccc1CC(Br)CCC1CCCCO1. The van der Waals surface area contributed by atoms with Crippen molar-refractivity contribution in [3.8, 4) is 5.75 Å². The van der Waals surface area contributed by atoms with Gasteiger partial charge in [0, 0.05) is 11.4 Å². The summed E-state index contributed by atoms with van der Waals surface area (Å²) in [5.41, 5.74) is 1.27. The van der Waals surface area contributed by atoms with Crippen LogP contribution in [0.4, 0.5) is 0 Å². The van der Waals surface area contributed by atoms with Crippen molar-refractivity contribution < 1.29 is 9.47 Å². The summed E-state index contributed by atoms with van der Waals surface area (Å²) in [5, 5.41) is 0.